The van der Waals surface area contributed by atoms with Crippen LogP contribution in [0.25, 0.3) is 0 Å². The number of thiazole rings is 1. The maximum Gasteiger partial charge on any atom is 0.0934 e. The first-order valence-electron chi connectivity index (χ1n) is 6.99. The molecule has 0 saturated heterocycles. The molecule has 19 heavy (non-hydrogen) atoms. The number of aromatic nitrogens is 1. The van der Waals surface area contributed by atoms with Crippen LogP contribution in [0, 0.1) is 6.92 Å². The highest BCUT2D eigenvalue weighted by Gasteiger charge is 2.07. The van der Waals surface area contributed by atoms with Crippen LogP contribution in [-0.2, 0) is 19.4 Å². The molecule has 0 spiro atoms. The van der Waals surface area contributed by atoms with E-state index in [0.29, 0.717) is 0 Å². The normalized spacial score (nSPS) is 10.8. The predicted octanol–water partition coefficient (Wildman–Crippen LogP) is 3.74. The van der Waals surface area contributed by atoms with E-state index in [1.54, 1.807) is 0 Å². The van der Waals surface area contributed by atoms with Crippen molar-refractivity contribution < 1.29 is 0 Å². The summed E-state index contributed by atoms with van der Waals surface area (Å²) in [6, 6.07) is 10.6. The zero-order chi connectivity index (χ0) is 13.5. The van der Waals surface area contributed by atoms with E-state index in [2.05, 4.69) is 54.5 Å². The molecule has 0 aliphatic carbocycles. The van der Waals surface area contributed by atoms with Crippen LogP contribution in [0.4, 0.5) is 0 Å². The van der Waals surface area contributed by atoms with Crippen molar-refractivity contribution in [1.82, 2.24) is 10.3 Å². The maximum absolute atomic E-state index is 4.68. The van der Waals surface area contributed by atoms with Crippen LogP contribution in [0.15, 0.2) is 30.3 Å². The second kappa shape index (κ2) is 7.41. The molecule has 2 rings (SSSR count). The molecule has 1 aromatic heterocycles. The third kappa shape index (κ3) is 4.44. The molecule has 0 aliphatic heterocycles. The van der Waals surface area contributed by atoms with Crippen molar-refractivity contribution in [1.29, 1.82) is 0 Å². The lowest BCUT2D eigenvalue weighted by Gasteiger charge is -2.00. The highest BCUT2D eigenvalue weighted by molar-refractivity contribution is 7.11. The molecule has 2 aromatic rings. The lowest BCUT2D eigenvalue weighted by atomic mass is 10.1. The number of benzene rings is 1. The minimum absolute atomic E-state index is 0.961. The van der Waals surface area contributed by atoms with E-state index >= 15 is 0 Å². The van der Waals surface area contributed by atoms with Crippen molar-refractivity contribution in [3.63, 3.8) is 0 Å². The Morgan fingerprint density at radius 3 is 2.68 bits per heavy atom. The fourth-order valence-electron chi connectivity index (χ4n) is 2.03. The molecule has 1 N–H and O–H groups in total. The van der Waals surface area contributed by atoms with Crippen LogP contribution in [-0.4, -0.2) is 11.5 Å². The average molecular weight is 274 g/mol. The van der Waals surface area contributed by atoms with Gasteiger partial charge in [-0.2, -0.15) is 0 Å². The van der Waals surface area contributed by atoms with E-state index in [4.69, 9.17) is 0 Å². The van der Waals surface area contributed by atoms with Crippen molar-refractivity contribution in [2.75, 3.05) is 6.54 Å². The summed E-state index contributed by atoms with van der Waals surface area (Å²) in [5.74, 6) is 0. The van der Waals surface area contributed by atoms with E-state index in [1.165, 1.54) is 27.6 Å². The predicted molar refractivity (Wildman–Crippen MR) is 82.7 cm³/mol. The van der Waals surface area contributed by atoms with Gasteiger partial charge in [0.2, 0.25) is 0 Å². The topological polar surface area (TPSA) is 24.9 Å². The van der Waals surface area contributed by atoms with Gasteiger partial charge in [-0.3, -0.25) is 0 Å². The monoisotopic (exact) mass is 274 g/mol. The van der Waals surface area contributed by atoms with Gasteiger partial charge in [-0.1, -0.05) is 37.3 Å². The largest absolute Gasteiger partial charge is 0.312 e. The summed E-state index contributed by atoms with van der Waals surface area (Å²) in [5, 5.41) is 4.71. The summed E-state index contributed by atoms with van der Waals surface area (Å²) in [6.07, 6.45) is 3.30. The zero-order valence-electron chi connectivity index (χ0n) is 11.8. The SMILES string of the molecule is CCCNCc1sc(CCc2ccccc2)nc1C. The van der Waals surface area contributed by atoms with Crippen LogP contribution >= 0.6 is 11.3 Å². The van der Waals surface area contributed by atoms with E-state index in [9.17, 15) is 0 Å². The third-order valence-corrected chi connectivity index (χ3v) is 4.34. The molecular formula is C16H22N2S. The Hall–Kier alpha value is -1.19. The highest BCUT2D eigenvalue weighted by atomic mass is 32.1. The Kier molecular flexibility index (Phi) is 5.55. The van der Waals surface area contributed by atoms with Gasteiger partial charge in [0.05, 0.1) is 10.7 Å². The number of hydrogen-bond donors (Lipinski definition) is 1. The summed E-state index contributed by atoms with van der Waals surface area (Å²) in [6.45, 7) is 6.35. The van der Waals surface area contributed by atoms with Gasteiger partial charge in [-0.25, -0.2) is 4.98 Å². The van der Waals surface area contributed by atoms with Gasteiger partial charge in [0.25, 0.3) is 0 Å². The van der Waals surface area contributed by atoms with Crippen LogP contribution in [0.3, 0.4) is 0 Å². The first kappa shape index (κ1) is 14.2. The standard InChI is InChI=1S/C16H22N2S/c1-3-11-17-12-15-13(2)18-16(19-15)10-9-14-7-5-4-6-8-14/h4-8,17H,3,9-12H2,1-2H3. The van der Waals surface area contributed by atoms with Gasteiger partial charge in [0.15, 0.2) is 0 Å². The minimum Gasteiger partial charge on any atom is -0.312 e. The van der Waals surface area contributed by atoms with Gasteiger partial charge in [0.1, 0.15) is 0 Å². The molecule has 0 fully saturated rings. The number of aryl methyl sites for hydroxylation is 3. The van der Waals surface area contributed by atoms with Crippen molar-refractivity contribution in [2.45, 2.75) is 39.7 Å². The highest BCUT2D eigenvalue weighted by Crippen LogP contribution is 2.19. The first-order chi connectivity index (χ1) is 9.29. The Bertz CT molecular complexity index is 491. The van der Waals surface area contributed by atoms with E-state index in [1.807, 2.05) is 11.3 Å². The molecule has 0 unspecified atom stereocenters. The van der Waals surface area contributed by atoms with Crippen molar-refractivity contribution in [3.8, 4) is 0 Å². The second-order valence-electron chi connectivity index (χ2n) is 4.78. The summed E-state index contributed by atoms with van der Waals surface area (Å²) >= 11 is 1.86. The third-order valence-electron chi connectivity index (χ3n) is 3.12. The van der Waals surface area contributed by atoms with Crippen LogP contribution in [0.5, 0.6) is 0 Å². The quantitative estimate of drug-likeness (QED) is 0.778. The van der Waals surface area contributed by atoms with E-state index in [0.717, 1.165) is 25.9 Å². The maximum atomic E-state index is 4.68. The fourth-order valence-corrected chi connectivity index (χ4v) is 3.07. The Morgan fingerprint density at radius 1 is 1.16 bits per heavy atom. The number of nitrogens with zero attached hydrogens (tertiary/aromatic N) is 1. The first-order valence-corrected chi connectivity index (χ1v) is 7.81. The van der Waals surface area contributed by atoms with Gasteiger partial charge in [0, 0.05) is 17.8 Å². The lowest BCUT2D eigenvalue weighted by molar-refractivity contribution is 0.678. The molecule has 1 aromatic carbocycles. The molecule has 0 atom stereocenters. The Labute approximate surface area is 119 Å². The zero-order valence-corrected chi connectivity index (χ0v) is 12.6. The van der Waals surface area contributed by atoms with E-state index in [-0.39, 0.29) is 0 Å². The van der Waals surface area contributed by atoms with Gasteiger partial charge >= 0.3 is 0 Å². The van der Waals surface area contributed by atoms with Crippen LogP contribution in [0.2, 0.25) is 0 Å². The minimum atomic E-state index is 0.961. The Balaban J connectivity index is 1.89. The molecule has 0 saturated carbocycles. The second-order valence-corrected chi connectivity index (χ2v) is 5.95. The number of rotatable bonds is 7. The Morgan fingerprint density at radius 2 is 1.95 bits per heavy atom. The van der Waals surface area contributed by atoms with Gasteiger partial charge in [-0.15, -0.1) is 11.3 Å². The summed E-state index contributed by atoms with van der Waals surface area (Å²) < 4.78 is 0. The molecule has 0 bridgehead atoms. The van der Waals surface area contributed by atoms with Gasteiger partial charge in [-0.05, 0) is 31.9 Å². The van der Waals surface area contributed by atoms with Crippen molar-refractivity contribution >= 4 is 11.3 Å². The number of hydrogen-bond acceptors (Lipinski definition) is 3. The summed E-state index contributed by atoms with van der Waals surface area (Å²) in [7, 11) is 0. The molecule has 3 heteroatoms. The summed E-state index contributed by atoms with van der Waals surface area (Å²) in [5.41, 5.74) is 2.58. The van der Waals surface area contributed by atoms with Crippen molar-refractivity contribution in [3.05, 3.63) is 51.5 Å². The van der Waals surface area contributed by atoms with Crippen LogP contribution < -0.4 is 5.32 Å². The number of nitrogens with one attached hydrogen (secondary N) is 1. The molecule has 102 valence electrons. The molecule has 1 heterocycles. The molecule has 2 nitrogen and oxygen atoms in total. The van der Waals surface area contributed by atoms with Gasteiger partial charge < -0.3 is 5.32 Å². The smallest absolute Gasteiger partial charge is 0.0934 e. The fraction of sp³-hybridized carbons (Fsp3) is 0.438. The molecule has 0 amide bonds. The molecule has 0 aliphatic rings. The van der Waals surface area contributed by atoms with Crippen LogP contribution in [0.1, 0.15) is 34.5 Å². The summed E-state index contributed by atoms with van der Waals surface area (Å²) in [4.78, 5) is 6.07. The molecule has 0 radical (unpaired) electrons. The average Bonchev–Trinajstić information content (AvgIpc) is 2.79. The van der Waals surface area contributed by atoms with Crippen molar-refractivity contribution in [2.24, 2.45) is 0 Å². The molecular weight excluding hydrogens is 252 g/mol. The lowest BCUT2D eigenvalue weighted by Crippen LogP contribution is -2.13. The van der Waals surface area contributed by atoms with E-state index < -0.39 is 0 Å².